The van der Waals surface area contributed by atoms with Crippen molar-refractivity contribution in [3.8, 4) is 11.4 Å². The van der Waals surface area contributed by atoms with Gasteiger partial charge in [0.1, 0.15) is 5.75 Å². The minimum Gasteiger partial charge on any atom is -0.497 e. The smallest absolute Gasteiger partial charge is 0.264 e. The molecule has 18 heavy (non-hydrogen) atoms. The first kappa shape index (κ1) is 11.8. The van der Waals surface area contributed by atoms with E-state index < -0.39 is 0 Å². The summed E-state index contributed by atoms with van der Waals surface area (Å²) in [6.45, 7) is 1.78. The molecule has 0 radical (unpaired) electrons. The van der Waals surface area contributed by atoms with Crippen molar-refractivity contribution in [2.75, 3.05) is 7.11 Å². The maximum Gasteiger partial charge on any atom is 0.264 e. The molecule has 92 valence electrons. The number of nitrogens with zero attached hydrogens (tertiary/aromatic N) is 4. The molecule has 0 aliphatic rings. The third kappa shape index (κ3) is 2.07. The van der Waals surface area contributed by atoms with Gasteiger partial charge in [0.2, 0.25) is 0 Å². The highest BCUT2D eigenvalue weighted by atomic mass is 16.5. The Morgan fingerprint density at radius 2 is 2.22 bits per heavy atom. The second-order valence-electron chi connectivity index (χ2n) is 3.64. The molecule has 0 spiro atoms. The van der Waals surface area contributed by atoms with Crippen LogP contribution < -0.4 is 10.3 Å². The first-order valence-corrected chi connectivity index (χ1v) is 5.18. The summed E-state index contributed by atoms with van der Waals surface area (Å²) < 4.78 is 6.62. The quantitative estimate of drug-likeness (QED) is 0.510. The van der Waals surface area contributed by atoms with Crippen LogP contribution in [0.25, 0.3) is 16.1 Å². The summed E-state index contributed by atoms with van der Waals surface area (Å²) in [5.74, 6) is 0.577. The van der Waals surface area contributed by atoms with Crippen LogP contribution in [0.2, 0.25) is 0 Å². The van der Waals surface area contributed by atoms with E-state index in [9.17, 15) is 4.79 Å². The molecule has 2 aromatic rings. The summed E-state index contributed by atoms with van der Waals surface area (Å²) >= 11 is 0. The molecule has 1 aromatic carbocycles. The van der Waals surface area contributed by atoms with Crippen LogP contribution in [0.15, 0.2) is 34.2 Å². The monoisotopic (exact) mass is 245 g/mol. The van der Waals surface area contributed by atoms with Crippen LogP contribution in [0.1, 0.15) is 5.69 Å². The van der Waals surface area contributed by atoms with E-state index in [1.807, 2.05) is 0 Å². The van der Waals surface area contributed by atoms with E-state index in [-0.39, 0.29) is 5.56 Å². The van der Waals surface area contributed by atoms with Gasteiger partial charge in [0, 0.05) is 16.7 Å². The molecule has 7 heteroatoms. The highest BCUT2D eigenvalue weighted by Gasteiger charge is 2.08. The van der Waals surface area contributed by atoms with Crippen LogP contribution in [0, 0.1) is 6.92 Å². The van der Waals surface area contributed by atoms with Gasteiger partial charge in [-0.2, -0.15) is 0 Å². The number of H-pyrrole nitrogens is 1. The van der Waals surface area contributed by atoms with Gasteiger partial charge >= 0.3 is 0 Å². The minimum absolute atomic E-state index is 0.213. The molecule has 0 unspecified atom stereocenters. The first-order valence-electron chi connectivity index (χ1n) is 5.18. The highest BCUT2D eigenvalue weighted by Crippen LogP contribution is 2.28. The number of benzene rings is 1. The summed E-state index contributed by atoms with van der Waals surface area (Å²) in [4.78, 5) is 14.0. The maximum atomic E-state index is 11.3. The molecule has 1 N–H and O–H groups in total. The predicted octanol–water partition coefficient (Wildman–Crippen LogP) is 2.42. The van der Waals surface area contributed by atoms with Gasteiger partial charge in [-0.25, -0.2) is 0 Å². The van der Waals surface area contributed by atoms with Gasteiger partial charge in [-0.15, -0.1) is 0 Å². The normalized spacial score (nSPS) is 9.89. The third-order valence-electron chi connectivity index (χ3n) is 2.49. The zero-order chi connectivity index (χ0) is 13.1. The molecule has 0 atom stereocenters. The van der Waals surface area contributed by atoms with Crippen molar-refractivity contribution in [1.29, 1.82) is 0 Å². The van der Waals surface area contributed by atoms with Gasteiger partial charge in [-0.3, -0.25) is 14.6 Å². The zero-order valence-corrected chi connectivity index (χ0v) is 9.91. The first-order chi connectivity index (χ1) is 8.65. The lowest BCUT2D eigenvalue weighted by molar-refractivity contribution is 0.415. The number of hydrogen-bond donors (Lipinski definition) is 1. The minimum atomic E-state index is -0.213. The molecular weight excluding hydrogens is 234 g/mol. The number of aromatic amines is 1. The van der Waals surface area contributed by atoms with E-state index in [0.717, 1.165) is 5.69 Å². The third-order valence-corrected chi connectivity index (χ3v) is 2.49. The number of aromatic nitrogens is 2. The second-order valence-corrected chi connectivity index (χ2v) is 3.64. The second kappa shape index (κ2) is 4.68. The molecule has 0 saturated carbocycles. The Morgan fingerprint density at radius 3 is 2.78 bits per heavy atom. The molecule has 0 aliphatic carbocycles. The Hall–Kier alpha value is -2.66. The summed E-state index contributed by atoms with van der Waals surface area (Å²) in [6.07, 6.45) is 0. The van der Waals surface area contributed by atoms with Crippen LogP contribution in [0.4, 0.5) is 5.69 Å². The van der Waals surface area contributed by atoms with E-state index in [1.54, 1.807) is 29.8 Å². The Morgan fingerprint density at radius 1 is 1.44 bits per heavy atom. The van der Waals surface area contributed by atoms with Gasteiger partial charge in [0.25, 0.3) is 5.56 Å². The van der Waals surface area contributed by atoms with Crippen LogP contribution >= 0.6 is 0 Å². The van der Waals surface area contributed by atoms with Crippen molar-refractivity contribution >= 4 is 5.69 Å². The van der Waals surface area contributed by atoms with Crippen molar-refractivity contribution in [2.45, 2.75) is 6.92 Å². The summed E-state index contributed by atoms with van der Waals surface area (Å²) in [6, 6.07) is 6.51. The van der Waals surface area contributed by atoms with E-state index >= 15 is 0 Å². The molecule has 0 bridgehead atoms. The van der Waals surface area contributed by atoms with Crippen molar-refractivity contribution in [3.63, 3.8) is 0 Å². The SMILES string of the molecule is COc1ccc(-n2[nH]c(=O)cc2C)c(N=[N+]=[N-])c1. The van der Waals surface area contributed by atoms with Gasteiger partial charge in [-0.05, 0) is 30.7 Å². The number of ether oxygens (including phenoxy) is 1. The summed E-state index contributed by atoms with van der Waals surface area (Å²) in [5, 5.41) is 6.23. The van der Waals surface area contributed by atoms with Crippen molar-refractivity contribution < 1.29 is 4.74 Å². The van der Waals surface area contributed by atoms with Crippen LogP contribution in [0.3, 0.4) is 0 Å². The molecular formula is C11H11N5O2. The van der Waals surface area contributed by atoms with Crippen LogP contribution in [-0.4, -0.2) is 16.9 Å². The Balaban J connectivity index is 2.66. The average Bonchev–Trinajstić information content (AvgIpc) is 2.68. The van der Waals surface area contributed by atoms with Gasteiger partial charge in [0.05, 0.1) is 18.5 Å². The van der Waals surface area contributed by atoms with Crippen LogP contribution in [0.5, 0.6) is 5.75 Å². The summed E-state index contributed by atoms with van der Waals surface area (Å²) in [5.41, 5.74) is 10.0. The van der Waals surface area contributed by atoms with E-state index in [4.69, 9.17) is 10.3 Å². The lowest BCUT2D eigenvalue weighted by atomic mass is 10.2. The molecule has 0 amide bonds. The molecule has 1 aromatic heterocycles. The standard InChI is InChI=1S/C11H11N5O2/c1-7-5-11(17)14-16(7)10-4-3-8(18-2)6-9(10)13-15-12/h3-6H,1-2H3,(H,14,17). The fourth-order valence-corrected chi connectivity index (χ4v) is 1.68. The fraction of sp³-hybridized carbons (Fsp3) is 0.182. The van der Waals surface area contributed by atoms with Crippen molar-refractivity contribution in [3.05, 3.63) is 50.8 Å². The van der Waals surface area contributed by atoms with E-state index in [1.165, 1.54) is 13.2 Å². The molecule has 1 heterocycles. The van der Waals surface area contributed by atoms with E-state index in [2.05, 4.69) is 15.1 Å². The van der Waals surface area contributed by atoms with E-state index in [0.29, 0.717) is 17.1 Å². The summed E-state index contributed by atoms with van der Waals surface area (Å²) in [7, 11) is 1.53. The lowest BCUT2D eigenvalue weighted by Gasteiger charge is -2.10. The number of aryl methyl sites for hydroxylation is 1. The Bertz CT molecular complexity index is 679. The zero-order valence-electron chi connectivity index (χ0n) is 9.91. The number of azide groups is 1. The highest BCUT2D eigenvalue weighted by molar-refractivity contribution is 5.60. The van der Waals surface area contributed by atoms with Crippen molar-refractivity contribution in [2.24, 2.45) is 5.11 Å². The Labute approximate surface area is 102 Å². The molecule has 7 nitrogen and oxygen atoms in total. The van der Waals surface area contributed by atoms with Gasteiger partial charge in [0.15, 0.2) is 0 Å². The topological polar surface area (TPSA) is 95.8 Å². The van der Waals surface area contributed by atoms with Gasteiger partial charge in [-0.1, -0.05) is 5.11 Å². The number of hydrogen-bond acceptors (Lipinski definition) is 3. The fourth-order valence-electron chi connectivity index (χ4n) is 1.68. The number of nitrogens with one attached hydrogen (secondary N) is 1. The number of methoxy groups -OCH3 is 1. The maximum absolute atomic E-state index is 11.3. The average molecular weight is 245 g/mol. The predicted molar refractivity (Wildman–Crippen MR) is 66.5 cm³/mol. The molecule has 0 aliphatic heterocycles. The largest absolute Gasteiger partial charge is 0.497 e. The Kier molecular flexibility index (Phi) is 3.07. The van der Waals surface area contributed by atoms with Crippen molar-refractivity contribution in [1.82, 2.24) is 9.78 Å². The molecule has 0 fully saturated rings. The van der Waals surface area contributed by atoms with Gasteiger partial charge < -0.3 is 4.74 Å². The molecule has 0 saturated heterocycles. The van der Waals surface area contributed by atoms with Crippen LogP contribution in [-0.2, 0) is 0 Å². The number of rotatable bonds is 3. The lowest BCUT2D eigenvalue weighted by Crippen LogP contribution is -2.04. The molecule has 2 rings (SSSR count).